The molecule has 3 N–H and O–H groups in total. The Bertz CT molecular complexity index is 418. The molecule has 0 radical (unpaired) electrons. The number of terminal acetylenes is 1. The summed E-state index contributed by atoms with van der Waals surface area (Å²) < 4.78 is 0. The summed E-state index contributed by atoms with van der Waals surface area (Å²) in [6, 6.07) is 4.88. The smallest absolute Gasteiger partial charge is 0.252 e. The number of benzene rings is 1. The van der Waals surface area contributed by atoms with Gasteiger partial charge in [0.05, 0.1) is 6.04 Å². The van der Waals surface area contributed by atoms with Crippen LogP contribution in [0.15, 0.2) is 18.2 Å². The number of nitrogens with two attached hydrogens (primary N) is 1. The number of amides is 1. The highest BCUT2D eigenvalue weighted by Crippen LogP contribution is 2.12. The highest BCUT2D eigenvalue weighted by Gasteiger charge is 2.10. The molecule has 1 atom stereocenters. The van der Waals surface area contributed by atoms with Crippen molar-refractivity contribution in [2.24, 2.45) is 0 Å². The van der Waals surface area contributed by atoms with Gasteiger partial charge in [-0.3, -0.25) is 4.79 Å². The van der Waals surface area contributed by atoms with Gasteiger partial charge in [-0.15, -0.1) is 6.42 Å². The molecule has 0 aromatic heterocycles. The minimum absolute atomic E-state index is 0.169. The molecule has 0 aliphatic carbocycles. The van der Waals surface area contributed by atoms with E-state index in [4.69, 9.17) is 12.2 Å². The average molecular weight is 202 g/mol. The lowest BCUT2D eigenvalue weighted by atomic mass is 10.1. The fourth-order valence-corrected chi connectivity index (χ4v) is 1.26. The van der Waals surface area contributed by atoms with Crippen LogP contribution in [0, 0.1) is 19.3 Å². The van der Waals surface area contributed by atoms with Crippen LogP contribution >= 0.6 is 0 Å². The second kappa shape index (κ2) is 4.52. The van der Waals surface area contributed by atoms with Gasteiger partial charge in [-0.05, 0) is 37.6 Å². The molecule has 78 valence electrons. The van der Waals surface area contributed by atoms with Gasteiger partial charge in [-0.2, -0.15) is 0 Å². The van der Waals surface area contributed by atoms with E-state index in [1.165, 1.54) is 0 Å². The van der Waals surface area contributed by atoms with E-state index >= 15 is 0 Å². The number of aryl methyl sites for hydroxylation is 1. The molecule has 0 aliphatic rings. The fraction of sp³-hybridized carbons (Fsp3) is 0.250. The van der Waals surface area contributed by atoms with E-state index < -0.39 is 0 Å². The zero-order valence-electron chi connectivity index (χ0n) is 8.87. The molecule has 0 fully saturated rings. The number of carbonyl (C=O) groups is 1. The quantitative estimate of drug-likeness (QED) is 0.561. The van der Waals surface area contributed by atoms with Crippen LogP contribution in [0.5, 0.6) is 0 Å². The number of anilines is 1. The third-order valence-electron chi connectivity index (χ3n) is 2.09. The zero-order chi connectivity index (χ0) is 11.4. The van der Waals surface area contributed by atoms with Crippen molar-refractivity contribution >= 4 is 11.6 Å². The highest BCUT2D eigenvalue weighted by molar-refractivity contribution is 5.96. The molecule has 0 saturated heterocycles. The minimum Gasteiger partial charge on any atom is -0.399 e. The Morgan fingerprint density at radius 3 is 2.80 bits per heavy atom. The molecule has 3 nitrogen and oxygen atoms in total. The monoisotopic (exact) mass is 202 g/mol. The van der Waals surface area contributed by atoms with Gasteiger partial charge in [0.25, 0.3) is 5.91 Å². The molecular formula is C12H14N2O. The van der Waals surface area contributed by atoms with Crippen molar-refractivity contribution in [3.05, 3.63) is 29.3 Å². The maximum absolute atomic E-state index is 11.7. The van der Waals surface area contributed by atoms with Crippen LogP contribution in [-0.2, 0) is 0 Å². The van der Waals surface area contributed by atoms with Gasteiger partial charge in [0.15, 0.2) is 0 Å². The van der Waals surface area contributed by atoms with Crippen molar-refractivity contribution in [2.45, 2.75) is 19.9 Å². The lowest BCUT2D eigenvalue weighted by molar-refractivity contribution is 0.0947. The summed E-state index contributed by atoms with van der Waals surface area (Å²) in [4.78, 5) is 11.7. The van der Waals surface area contributed by atoms with Gasteiger partial charge >= 0.3 is 0 Å². The van der Waals surface area contributed by atoms with Gasteiger partial charge in [0.1, 0.15) is 0 Å². The second-order valence-corrected chi connectivity index (χ2v) is 3.44. The lowest BCUT2D eigenvalue weighted by Gasteiger charge is -2.10. The molecule has 0 saturated carbocycles. The normalized spacial score (nSPS) is 11.5. The highest BCUT2D eigenvalue weighted by atomic mass is 16.1. The van der Waals surface area contributed by atoms with Crippen molar-refractivity contribution in [3.63, 3.8) is 0 Å². The molecule has 15 heavy (non-hydrogen) atoms. The number of hydrogen-bond acceptors (Lipinski definition) is 2. The SMILES string of the molecule is C#CC(C)NC(=O)c1ccc(N)cc1C. The lowest BCUT2D eigenvalue weighted by Crippen LogP contribution is -2.31. The molecule has 1 unspecified atom stereocenters. The van der Waals surface area contributed by atoms with E-state index in [-0.39, 0.29) is 11.9 Å². The maximum atomic E-state index is 11.7. The summed E-state index contributed by atoms with van der Waals surface area (Å²) in [5, 5.41) is 2.69. The Kier molecular flexibility index (Phi) is 3.35. The molecule has 1 rings (SSSR count). The van der Waals surface area contributed by atoms with Crippen LogP contribution in [0.4, 0.5) is 5.69 Å². The predicted octanol–water partition coefficient (Wildman–Crippen LogP) is 1.33. The largest absolute Gasteiger partial charge is 0.399 e. The Hall–Kier alpha value is -1.95. The Morgan fingerprint density at radius 2 is 2.27 bits per heavy atom. The van der Waals surface area contributed by atoms with Crippen molar-refractivity contribution in [1.29, 1.82) is 0 Å². The molecule has 3 heteroatoms. The number of nitrogen functional groups attached to an aromatic ring is 1. The first-order chi connectivity index (χ1) is 7.04. The van der Waals surface area contributed by atoms with Crippen molar-refractivity contribution in [1.82, 2.24) is 5.32 Å². The summed E-state index contributed by atoms with van der Waals surface area (Å²) in [6.45, 7) is 3.59. The Labute approximate surface area is 89.7 Å². The third kappa shape index (κ3) is 2.75. The van der Waals surface area contributed by atoms with Crippen LogP contribution in [0.3, 0.4) is 0 Å². The molecule has 1 aromatic carbocycles. The number of hydrogen-bond donors (Lipinski definition) is 2. The first-order valence-electron chi connectivity index (χ1n) is 4.67. The van der Waals surface area contributed by atoms with Crippen molar-refractivity contribution in [2.75, 3.05) is 5.73 Å². The first kappa shape index (κ1) is 11.1. The molecule has 0 bridgehead atoms. The van der Waals surface area contributed by atoms with Crippen LogP contribution in [0.1, 0.15) is 22.8 Å². The standard InChI is InChI=1S/C12H14N2O/c1-4-9(3)14-12(15)11-6-5-10(13)7-8(11)2/h1,5-7,9H,13H2,2-3H3,(H,14,15). The van der Waals surface area contributed by atoms with Gasteiger partial charge < -0.3 is 11.1 Å². The van der Waals surface area contributed by atoms with Gasteiger partial charge in [-0.1, -0.05) is 5.92 Å². The van der Waals surface area contributed by atoms with E-state index in [1.54, 1.807) is 25.1 Å². The van der Waals surface area contributed by atoms with E-state index in [0.29, 0.717) is 11.3 Å². The summed E-state index contributed by atoms with van der Waals surface area (Å²) in [6.07, 6.45) is 5.18. The molecular weight excluding hydrogens is 188 g/mol. The predicted molar refractivity (Wildman–Crippen MR) is 61.4 cm³/mol. The number of rotatable bonds is 2. The molecule has 1 aromatic rings. The summed E-state index contributed by atoms with van der Waals surface area (Å²) >= 11 is 0. The van der Waals surface area contributed by atoms with E-state index in [9.17, 15) is 4.79 Å². The zero-order valence-corrected chi connectivity index (χ0v) is 8.87. The Balaban J connectivity index is 2.88. The second-order valence-electron chi connectivity index (χ2n) is 3.44. The van der Waals surface area contributed by atoms with Gasteiger partial charge in [0.2, 0.25) is 0 Å². The van der Waals surface area contributed by atoms with Crippen molar-refractivity contribution in [3.8, 4) is 12.3 Å². The first-order valence-corrected chi connectivity index (χ1v) is 4.67. The molecule has 0 spiro atoms. The molecule has 1 amide bonds. The van der Waals surface area contributed by atoms with E-state index in [0.717, 1.165) is 5.56 Å². The van der Waals surface area contributed by atoms with Gasteiger partial charge in [0, 0.05) is 11.3 Å². The van der Waals surface area contributed by atoms with E-state index in [1.807, 2.05) is 6.92 Å². The fourth-order valence-electron chi connectivity index (χ4n) is 1.26. The molecule has 0 heterocycles. The van der Waals surface area contributed by atoms with Crippen LogP contribution < -0.4 is 11.1 Å². The Morgan fingerprint density at radius 1 is 1.60 bits per heavy atom. The van der Waals surface area contributed by atoms with E-state index in [2.05, 4.69) is 11.2 Å². The summed E-state index contributed by atoms with van der Waals surface area (Å²) in [5.74, 6) is 2.27. The minimum atomic E-state index is -0.269. The summed E-state index contributed by atoms with van der Waals surface area (Å²) in [5.41, 5.74) is 7.69. The topological polar surface area (TPSA) is 55.1 Å². The number of nitrogens with one attached hydrogen (secondary N) is 1. The maximum Gasteiger partial charge on any atom is 0.252 e. The number of carbonyl (C=O) groups excluding carboxylic acids is 1. The average Bonchev–Trinajstić information content (AvgIpc) is 2.17. The third-order valence-corrected chi connectivity index (χ3v) is 2.09. The van der Waals surface area contributed by atoms with Gasteiger partial charge in [-0.25, -0.2) is 0 Å². The van der Waals surface area contributed by atoms with Crippen LogP contribution in [0.25, 0.3) is 0 Å². The molecule has 0 aliphatic heterocycles. The summed E-state index contributed by atoms with van der Waals surface area (Å²) in [7, 11) is 0. The van der Waals surface area contributed by atoms with Crippen LogP contribution in [-0.4, -0.2) is 11.9 Å². The van der Waals surface area contributed by atoms with Crippen molar-refractivity contribution < 1.29 is 4.79 Å². The van der Waals surface area contributed by atoms with Crippen LogP contribution in [0.2, 0.25) is 0 Å².